The molecule has 0 radical (unpaired) electrons. The number of benzene rings is 1. The molecule has 0 fully saturated rings. The van der Waals surface area contributed by atoms with Crippen LogP contribution in [0.5, 0.6) is 5.75 Å². The number of nitrogens with one attached hydrogen (secondary N) is 1. The Morgan fingerprint density at radius 1 is 1.27 bits per heavy atom. The molecule has 0 aliphatic carbocycles. The lowest BCUT2D eigenvalue weighted by molar-refractivity contribution is 0.313. The highest BCUT2D eigenvalue weighted by atomic mass is 16.5. The minimum atomic E-state index is -0.451. The number of fused-ring (bicyclic) bond motifs is 1. The number of nitrogens with zero attached hydrogens (tertiary/aromatic N) is 1. The molecule has 114 valence electrons. The van der Waals surface area contributed by atoms with Gasteiger partial charge in [-0.3, -0.25) is 9.36 Å². The second kappa shape index (κ2) is 5.93. The monoisotopic (exact) mass is 300 g/mol. The van der Waals surface area contributed by atoms with Gasteiger partial charge in [0.1, 0.15) is 0 Å². The van der Waals surface area contributed by atoms with Crippen LogP contribution >= 0.6 is 0 Å². The average molecular weight is 300 g/mol. The molecule has 0 amide bonds. The van der Waals surface area contributed by atoms with Gasteiger partial charge in [-0.1, -0.05) is 19.1 Å². The molecular formula is C16H16N2O4. The average Bonchev–Trinajstić information content (AvgIpc) is 2.83. The molecule has 1 aromatic carbocycles. The van der Waals surface area contributed by atoms with Gasteiger partial charge in [-0.15, -0.1) is 0 Å². The van der Waals surface area contributed by atoms with Crippen molar-refractivity contribution in [3.05, 3.63) is 63.0 Å². The highest BCUT2D eigenvalue weighted by Gasteiger charge is 2.10. The molecule has 3 aromatic rings. The van der Waals surface area contributed by atoms with Gasteiger partial charge >= 0.3 is 5.76 Å². The van der Waals surface area contributed by atoms with Gasteiger partial charge in [0.25, 0.3) is 0 Å². The summed E-state index contributed by atoms with van der Waals surface area (Å²) < 4.78 is 12.0. The number of ether oxygens (including phenoxy) is 1. The lowest BCUT2D eigenvalue weighted by Crippen LogP contribution is -2.17. The van der Waals surface area contributed by atoms with Crippen LogP contribution < -0.4 is 15.9 Å². The van der Waals surface area contributed by atoms with Crippen LogP contribution in [-0.4, -0.2) is 16.2 Å². The molecule has 6 nitrogen and oxygen atoms in total. The van der Waals surface area contributed by atoms with Crippen molar-refractivity contribution in [2.75, 3.05) is 6.61 Å². The van der Waals surface area contributed by atoms with Crippen molar-refractivity contribution in [1.29, 1.82) is 0 Å². The normalized spacial score (nSPS) is 11.0. The Morgan fingerprint density at radius 2 is 2.09 bits per heavy atom. The topological polar surface area (TPSA) is 77.2 Å². The standard InChI is InChI=1S/C16H16N2O4/c1-2-7-21-15-9-17-11(8-13(15)19)10-18-12-5-3-4-6-14(12)22-16(18)20/h3-6,8-9H,2,7,10H2,1H3,(H,17,19). The fourth-order valence-corrected chi connectivity index (χ4v) is 2.25. The van der Waals surface area contributed by atoms with Crippen molar-refractivity contribution in [2.45, 2.75) is 19.9 Å². The van der Waals surface area contributed by atoms with Crippen molar-refractivity contribution in [3.8, 4) is 5.75 Å². The van der Waals surface area contributed by atoms with E-state index in [2.05, 4.69) is 4.98 Å². The summed E-state index contributed by atoms with van der Waals surface area (Å²) >= 11 is 0. The van der Waals surface area contributed by atoms with Crippen LogP contribution in [0.3, 0.4) is 0 Å². The maximum absolute atomic E-state index is 12.0. The zero-order valence-electron chi connectivity index (χ0n) is 12.2. The maximum atomic E-state index is 12.0. The molecule has 22 heavy (non-hydrogen) atoms. The van der Waals surface area contributed by atoms with E-state index in [4.69, 9.17) is 9.15 Å². The Hall–Kier alpha value is -2.76. The van der Waals surface area contributed by atoms with Crippen LogP contribution in [0.15, 0.2) is 50.5 Å². The molecule has 0 saturated carbocycles. The summed E-state index contributed by atoms with van der Waals surface area (Å²) in [6, 6.07) is 8.61. The zero-order valence-corrected chi connectivity index (χ0v) is 12.2. The van der Waals surface area contributed by atoms with Crippen LogP contribution in [0.2, 0.25) is 0 Å². The van der Waals surface area contributed by atoms with E-state index < -0.39 is 5.76 Å². The minimum Gasteiger partial charge on any atom is -0.488 e. The molecule has 0 unspecified atom stereocenters. The van der Waals surface area contributed by atoms with Gasteiger partial charge in [-0.2, -0.15) is 0 Å². The van der Waals surface area contributed by atoms with Gasteiger partial charge in [0.05, 0.1) is 18.7 Å². The summed E-state index contributed by atoms with van der Waals surface area (Å²) in [4.78, 5) is 26.9. The van der Waals surface area contributed by atoms with Gasteiger partial charge in [0.15, 0.2) is 11.3 Å². The first kappa shape index (κ1) is 14.2. The van der Waals surface area contributed by atoms with Crippen molar-refractivity contribution < 1.29 is 9.15 Å². The number of hydrogen-bond acceptors (Lipinski definition) is 4. The Morgan fingerprint density at radius 3 is 2.86 bits per heavy atom. The lowest BCUT2D eigenvalue weighted by atomic mass is 10.3. The third kappa shape index (κ3) is 2.67. The van der Waals surface area contributed by atoms with Crippen LogP contribution in [0.25, 0.3) is 11.1 Å². The van der Waals surface area contributed by atoms with E-state index in [0.717, 1.165) is 6.42 Å². The summed E-state index contributed by atoms with van der Waals surface area (Å²) in [6.45, 7) is 2.70. The number of pyridine rings is 1. The Labute approximate surface area is 126 Å². The van der Waals surface area contributed by atoms with Crippen molar-refractivity contribution in [1.82, 2.24) is 9.55 Å². The van der Waals surface area contributed by atoms with Gasteiger partial charge in [0.2, 0.25) is 5.43 Å². The number of aromatic amines is 1. The van der Waals surface area contributed by atoms with Gasteiger partial charge in [-0.25, -0.2) is 4.79 Å². The number of rotatable bonds is 5. The molecular weight excluding hydrogens is 284 g/mol. The zero-order chi connectivity index (χ0) is 15.5. The van der Waals surface area contributed by atoms with Crippen LogP contribution in [-0.2, 0) is 6.54 Å². The van der Waals surface area contributed by atoms with E-state index in [1.54, 1.807) is 18.2 Å². The minimum absolute atomic E-state index is 0.206. The quantitative estimate of drug-likeness (QED) is 0.783. The summed E-state index contributed by atoms with van der Waals surface area (Å²) in [6.07, 6.45) is 2.36. The lowest BCUT2D eigenvalue weighted by Gasteiger charge is -2.06. The predicted molar refractivity (Wildman–Crippen MR) is 82.4 cm³/mol. The molecule has 1 N–H and O–H groups in total. The van der Waals surface area contributed by atoms with Gasteiger partial charge < -0.3 is 14.1 Å². The highest BCUT2D eigenvalue weighted by molar-refractivity contribution is 5.72. The molecule has 2 aromatic heterocycles. The second-order valence-electron chi connectivity index (χ2n) is 4.96. The number of hydrogen-bond donors (Lipinski definition) is 1. The second-order valence-corrected chi connectivity index (χ2v) is 4.96. The number of para-hydroxylation sites is 2. The molecule has 0 saturated heterocycles. The van der Waals surface area contributed by atoms with Crippen molar-refractivity contribution >= 4 is 11.1 Å². The Kier molecular flexibility index (Phi) is 3.82. The number of H-pyrrole nitrogens is 1. The first-order valence-corrected chi connectivity index (χ1v) is 7.12. The van der Waals surface area contributed by atoms with Crippen LogP contribution in [0.1, 0.15) is 19.0 Å². The fraction of sp³-hybridized carbons (Fsp3) is 0.250. The van der Waals surface area contributed by atoms with Crippen LogP contribution in [0, 0.1) is 0 Å². The van der Waals surface area contributed by atoms with Crippen LogP contribution in [0.4, 0.5) is 0 Å². The van der Waals surface area contributed by atoms with E-state index in [0.29, 0.717) is 23.4 Å². The third-order valence-electron chi connectivity index (χ3n) is 3.30. The number of aromatic nitrogens is 2. The summed E-state index contributed by atoms with van der Waals surface area (Å²) in [7, 11) is 0. The number of oxazole rings is 1. The molecule has 0 aliphatic rings. The molecule has 6 heteroatoms. The molecule has 2 heterocycles. The predicted octanol–water partition coefficient (Wildman–Crippen LogP) is 2.12. The van der Waals surface area contributed by atoms with E-state index in [9.17, 15) is 9.59 Å². The largest absolute Gasteiger partial charge is 0.488 e. The highest BCUT2D eigenvalue weighted by Crippen LogP contribution is 2.13. The van der Waals surface area contributed by atoms with Crippen molar-refractivity contribution in [2.24, 2.45) is 0 Å². The van der Waals surface area contributed by atoms with Gasteiger partial charge in [-0.05, 0) is 18.6 Å². The molecule has 0 bridgehead atoms. The first-order valence-electron chi connectivity index (χ1n) is 7.12. The molecule has 0 atom stereocenters. The van der Waals surface area contributed by atoms with Gasteiger partial charge in [0, 0.05) is 18.0 Å². The Bertz CT molecular complexity index is 904. The molecule has 0 aliphatic heterocycles. The van der Waals surface area contributed by atoms with Crippen molar-refractivity contribution in [3.63, 3.8) is 0 Å². The first-order chi connectivity index (χ1) is 10.7. The fourth-order valence-electron chi connectivity index (χ4n) is 2.25. The molecule has 3 rings (SSSR count). The molecule has 0 spiro atoms. The summed E-state index contributed by atoms with van der Waals surface area (Å²) in [5.74, 6) is -0.164. The SMILES string of the molecule is CCCOc1c[nH]c(Cn2c(=O)oc3ccccc32)cc1=O. The summed E-state index contributed by atoms with van der Waals surface area (Å²) in [5, 5.41) is 0. The Balaban J connectivity index is 1.92. The smallest absolute Gasteiger partial charge is 0.420 e. The van der Waals surface area contributed by atoms with E-state index >= 15 is 0 Å². The van der Waals surface area contributed by atoms with E-state index in [-0.39, 0.29) is 17.7 Å². The maximum Gasteiger partial charge on any atom is 0.420 e. The third-order valence-corrected chi connectivity index (χ3v) is 3.30. The van der Waals surface area contributed by atoms with E-state index in [1.807, 2.05) is 13.0 Å². The summed E-state index contributed by atoms with van der Waals surface area (Å²) in [5.41, 5.74) is 1.63. The van der Waals surface area contributed by atoms with E-state index in [1.165, 1.54) is 16.8 Å².